The maximum atomic E-state index is 13.0. The molecule has 0 spiro atoms. The van der Waals surface area contributed by atoms with Crippen LogP contribution < -0.4 is 0 Å². The lowest BCUT2D eigenvalue weighted by Crippen LogP contribution is -2.34. The monoisotopic (exact) mass is 373 g/mol. The number of carbonyl (C=O) groups excluding carboxylic acids is 2. The summed E-state index contributed by atoms with van der Waals surface area (Å²) < 4.78 is 11.1. The minimum atomic E-state index is -0.852. The molecule has 28 heavy (non-hydrogen) atoms. The first kappa shape index (κ1) is 17.8. The van der Waals surface area contributed by atoms with Crippen LogP contribution in [-0.2, 0) is 20.9 Å². The number of carbonyl (C=O) groups is 2. The second-order valence-corrected chi connectivity index (χ2v) is 6.46. The largest absolute Gasteiger partial charge is 0.444 e. The van der Waals surface area contributed by atoms with Gasteiger partial charge in [-0.15, -0.1) is 0 Å². The van der Waals surface area contributed by atoms with Crippen LogP contribution in [0.15, 0.2) is 91.0 Å². The third-order valence-corrected chi connectivity index (χ3v) is 4.60. The van der Waals surface area contributed by atoms with Crippen LogP contribution in [0.5, 0.6) is 0 Å². The molecule has 5 heteroatoms. The lowest BCUT2D eigenvalue weighted by Gasteiger charge is -2.26. The molecule has 1 fully saturated rings. The fourth-order valence-corrected chi connectivity index (χ4v) is 3.25. The molecule has 4 rings (SSSR count). The summed E-state index contributed by atoms with van der Waals surface area (Å²) in [6, 6.07) is 26.9. The SMILES string of the molecule is O=C1OC(c2ccccc2)N(C(=O)OCc2ccccc2)C1c1ccccc1. The van der Waals surface area contributed by atoms with Crippen LogP contribution in [0.4, 0.5) is 4.79 Å². The molecule has 0 saturated carbocycles. The van der Waals surface area contributed by atoms with Crippen LogP contribution in [-0.4, -0.2) is 17.0 Å². The minimum absolute atomic E-state index is 0.118. The van der Waals surface area contributed by atoms with Gasteiger partial charge in [0.2, 0.25) is 6.23 Å². The summed E-state index contributed by atoms with van der Waals surface area (Å²) in [5.41, 5.74) is 2.27. The first-order valence-electron chi connectivity index (χ1n) is 9.03. The first-order valence-corrected chi connectivity index (χ1v) is 9.03. The van der Waals surface area contributed by atoms with Crippen molar-refractivity contribution in [3.63, 3.8) is 0 Å². The van der Waals surface area contributed by atoms with Gasteiger partial charge < -0.3 is 9.47 Å². The van der Waals surface area contributed by atoms with Crippen molar-refractivity contribution >= 4 is 12.1 Å². The molecular formula is C23H19NO4. The van der Waals surface area contributed by atoms with E-state index in [0.717, 1.165) is 5.56 Å². The Balaban J connectivity index is 1.64. The van der Waals surface area contributed by atoms with Crippen LogP contribution in [0.25, 0.3) is 0 Å². The van der Waals surface area contributed by atoms with Gasteiger partial charge in [-0.3, -0.25) is 0 Å². The van der Waals surface area contributed by atoms with E-state index < -0.39 is 24.3 Å². The van der Waals surface area contributed by atoms with Gasteiger partial charge in [-0.25, -0.2) is 14.5 Å². The van der Waals surface area contributed by atoms with Gasteiger partial charge in [0, 0.05) is 5.56 Å². The quantitative estimate of drug-likeness (QED) is 0.626. The average Bonchev–Trinajstić information content (AvgIpc) is 3.11. The Labute approximate surface area is 163 Å². The Bertz CT molecular complexity index is 944. The maximum Gasteiger partial charge on any atom is 0.414 e. The molecule has 0 aromatic heterocycles. The third kappa shape index (κ3) is 3.60. The molecular weight excluding hydrogens is 354 g/mol. The highest BCUT2D eigenvalue weighted by Crippen LogP contribution is 2.40. The molecule has 1 heterocycles. The van der Waals surface area contributed by atoms with Gasteiger partial charge in [0.05, 0.1) is 0 Å². The average molecular weight is 373 g/mol. The molecule has 0 aliphatic carbocycles. The molecule has 5 nitrogen and oxygen atoms in total. The summed E-state index contributed by atoms with van der Waals surface area (Å²) in [7, 11) is 0. The van der Waals surface area contributed by atoms with Crippen LogP contribution >= 0.6 is 0 Å². The highest BCUT2D eigenvalue weighted by Gasteiger charge is 2.47. The number of rotatable bonds is 4. The zero-order valence-corrected chi connectivity index (χ0v) is 15.1. The second kappa shape index (κ2) is 7.96. The summed E-state index contributed by atoms with van der Waals surface area (Å²) in [6.45, 7) is 0.118. The van der Waals surface area contributed by atoms with E-state index in [0.29, 0.717) is 11.1 Å². The summed E-state index contributed by atoms with van der Waals surface area (Å²) in [4.78, 5) is 27.1. The standard InChI is InChI=1S/C23H19NO4/c25-22-20(18-12-6-2-7-13-18)24(21(28-22)19-14-8-3-9-15-19)23(26)27-16-17-10-4-1-5-11-17/h1-15,20-21H,16H2. The Morgan fingerprint density at radius 1 is 0.821 bits per heavy atom. The highest BCUT2D eigenvalue weighted by atomic mass is 16.6. The van der Waals surface area contributed by atoms with Gasteiger partial charge in [0.1, 0.15) is 6.61 Å². The maximum absolute atomic E-state index is 13.0. The number of esters is 1. The Morgan fingerprint density at radius 3 is 1.96 bits per heavy atom. The van der Waals surface area contributed by atoms with Crippen molar-refractivity contribution in [2.24, 2.45) is 0 Å². The molecule has 1 amide bonds. The molecule has 1 saturated heterocycles. The summed E-state index contributed by atoms with van der Waals surface area (Å²) in [5, 5.41) is 0. The van der Waals surface area contributed by atoms with E-state index in [4.69, 9.17) is 9.47 Å². The van der Waals surface area contributed by atoms with Crippen LogP contribution in [0.1, 0.15) is 29.0 Å². The van der Waals surface area contributed by atoms with E-state index >= 15 is 0 Å². The summed E-state index contributed by atoms with van der Waals surface area (Å²) in [6.07, 6.45) is -1.43. The van der Waals surface area contributed by atoms with Crippen molar-refractivity contribution < 1.29 is 19.1 Å². The lowest BCUT2D eigenvalue weighted by molar-refractivity contribution is -0.143. The zero-order chi connectivity index (χ0) is 19.3. The normalized spacial score (nSPS) is 18.6. The van der Waals surface area contributed by atoms with Gasteiger partial charge in [0.25, 0.3) is 0 Å². The molecule has 2 unspecified atom stereocenters. The predicted octanol–water partition coefficient (Wildman–Crippen LogP) is 4.62. The summed E-state index contributed by atoms with van der Waals surface area (Å²) >= 11 is 0. The minimum Gasteiger partial charge on any atom is -0.444 e. The third-order valence-electron chi connectivity index (χ3n) is 4.60. The number of nitrogens with zero attached hydrogens (tertiary/aromatic N) is 1. The molecule has 3 aromatic carbocycles. The Hall–Kier alpha value is -3.60. The Morgan fingerprint density at radius 2 is 1.36 bits per heavy atom. The molecule has 0 N–H and O–H groups in total. The van der Waals surface area contributed by atoms with E-state index in [1.54, 1.807) is 12.1 Å². The van der Waals surface area contributed by atoms with Crippen LogP contribution in [0.3, 0.4) is 0 Å². The lowest BCUT2D eigenvalue weighted by atomic mass is 10.1. The van der Waals surface area contributed by atoms with Crippen molar-refractivity contribution in [1.82, 2.24) is 4.90 Å². The Kier molecular flexibility index (Phi) is 5.06. The van der Waals surface area contributed by atoms with Crippen LogP contribution in [0, 0.1) is 0 Å². The molecule has 140 valence electrons. The van der Waals surface area contributed by atoms with E-state index in [2.05, 4.69) is 0 Å². The molecule has 2 atom stereocenters. The van der Waals surface area contributed by atoms with Crippen molar-refractivity contribution in [3.05, 3.63) is 108 Å². The van der Waals surface area contributed by atoms with Gasteiger partial charge in [-0.05, 0) is 11.1 Å². The number of hydrogen-bond donors (Lipinski definition) is 0. The fourth-order valence-electron chi connectivity index (χ4n) is 3.25. The number of amides is 1. The molecule has 3 aromatic rings. The van der Waals surface area contributed by atoms with Crippen molar-refractivity contribution in [2.45, 2.75) is 18.9 Å². The van der Waals surface area contributed by atoms with E-state index in [-0.39, 0.29) is 6.61 Å². The molecule has 0 bridgehead atoms. The molecule has 0 radical (unpaired) electrons. The molecule has 1 aliphatic heterocycles. The molecule has 1 aliphatic rings. The zero-order valence-electron chi connectivity index (χ0n) is 15.1. The van der Waals surface area contributed by atoms with Crippen LogP contribution in [0.2, 0.25) is 0 Å². The topological polar surface area (TPSA) is 55.8 Å². The van der Waals surface area contributed by atoms with E-state index in [9.17, 15) is 9.59 Å². The second-order valence-electron chi connectivity index (χ2n) is 6.46. The number of benzene rings is 3. The van der Waals surface area contributed by atoms with Gasteiger partial charge >= 0.3 is 12.1 Å². The summed E-state index contributed by atoms with van der Waals surface area (Å²) in [5.74, 6) is -0.475. The van der Waals surface area contributed by atoms with E-state index in [1.807, 2.05) is 78.9 Å². The number of cyclic esters (lactones) is 1. The van der Waals surface area contributed by atoms with Crippen molar-refractivity contribution in [2.75, 3.05) is 0 Å². The number of ether oxygens (including phenoxy) is 2. The van der Waals surface area contributed by atoms with E-state index in [1.165, 1.54) is 4.90 Å². The number of hydrogen-bond acceptors (Lipinski definition) is 4. The first-order chi connectivity index (χ1) is 13.7. The van der Waals surface area contributed by atoms with Gasteiger partial charge in [-0.1, -0.05) is 91.0 Å². The fraction of sp³-hybridized carbons (Fsp3) is 0.130. The van der Waals surface area contributed by atoms with Crippen molar-refractivity contribution in [1.29, 1.82) is 0 Å². The van der Waals surface area contributed by atoms with Gasteiger partial charge in [-0.2, -0.15) is 0 Å². The smallest absolute Gasteiger partial charge is 0.414 e. The predicted molar refractivity (Wildman–Crippen MR) is 103 cm³/mol. The van der Waals surface area contributed by atoms with Crippen molar-refractivity contribution in [3.8, 4) is 0 Å². The highest BCUT2D eigenvalue weighted by molar-refractivity contribution is 5.86. The van der Waals surface area contributed by atoms with Gasteiger partial charge in [0.15, 0.2) is 6.04 Å².